The highest BCUT2D eigenvalue weighted by Gasteiger charge is 2.18. The van der Waals surface area contributed by atoms with E-state index in [0.717, 1.165) is 5.56 Å². The second-order valence-corrected chi connectivity index (χ2v) is 6.00. The van der Waals surface area contributed by atoms with Gasteiger partial charge in [0.2, 0.25) is 0 Å². The maximum atomic E-state index is 12.0. The molecule has 2 heteroatoms. The van der Waals surface area contributed by atoms with Crippen LogP contribution >= 0.6 is 0 Å². The van der Waals surface area contributed by atoms with Gasteiger partial charge in [-0.1, -0.05) is 40.7 Å². The highest BCUT2D eigenvalue weighted by Crippen LogP contribution is 2.28. The van der Waals surface area contributed by atoms with Crippen molar-refractivity contribution in [2.24, 2.45) is 5.92 Å². The standard InChI is InChI=1S/C15H22O2/c1-10(2)8-14(17)12-9-11(15(3,4)5)6-7-13(12)16/h6-7,9-10,16H,8H2,1-5H3. The van der Waals surface area contributed by atoms with E-state index in [1.165, 1.54) is 0 Å². The number of carbonyl (C=O) groups excluding carboxylic acids is 1. The summed E-state index contributed by atoms with van der Waals surface area (Å²) in [6.07, 6.45) is 0.473. The first-order valence-electron chi connectivity index (χ1n) is 6.08. The number of hydrogen-bond acceptors (Lipinski definition) is 2. The molecule has 0 aliphatic rings. The summed E-state index contributed by atoms with van der Waals surface area (Å²) >= 11 is 0. The maximum Gasteiger partial charge on any atom is 0.166 e. The highest BCUT2D eigenvalue weighted by molar-refractivity contribution is 5.98. The summed E-state index contributed by atoms with van der Waals surface area (Å²) in [4.78, 5) is 12.0. The van der Waals surface area contributed by atoms with Crippen molar-refractivity contribution < 1.29 is 9.90 Å². The molecule has 94 valence electrons. The van der Waals surface area contributed by atoms with Crippen LogP contribution < -0.4 is 0 Å². The van der Waals surface area contributed by atoms with Gasteiger partial charge in [0.25, 0.3) is 0 Å². The third-order valence-corrected chi connectivity index (χ3v) is 2.76. The fraction of sp³-hybridized carbons (Fsp3) is 0.533. The number of phenols is 1. The third kappa shape index (κ3) is 3.58. The van der Waals surface area contributed by atoms with Gasteiger partial charge < -0.3 is 5.11 Å². The molecule has 0 bridgehead atoms. The van der Waals surface area contributed by atoms with Gasteiger partial charge in [0.05, 0.1) is 5.56 Å². The van der Waals surface area contributed by atoms with Crippen LogP contribution in [0, 0.1) is 5.92 Å². The molecule has 0 aliphatic heterocycles. The Labute approximate surface area is 104 Å². The Hall–Kier alpha value is -1.31. The van der Waals surface area contributed by atoms with Crippen LogP contribution in [0.1, 0.15) is 57.0 Å². The zero-order valence-corrected chi connectivity index (χ0v) is 11.4. The molecular formula is C15H22O2. The summed E-state index contributed by atoms with van der Waals surface area (Å²) in [6.45, 7) is 10.3. The molecule has 0 atom stereocenters. The molecule has 0 heterocycles. The van der Waals surface area contributed by atoms with E-state index < -0.39 is 0 Å². The average molecular weight is 234 g/mol. The van der Waals surface area contributed by atoms with E-state index in [4.69, 9.17) is 0 Å². The van der Waals surface area contributed by atoms with E-state index >= 15 is 0 Å². The van der Waals surface area contributed by atoms with Crippen LogP contribution in [-0.2, 0) is 5.41 Å². The Kier molecular flexibility index (Phi) is 3.97. The lowest BCUT2D eigenvalue weighted by Gasteiger charge is -2.20. The van der Waals surface area contributed by atoms with Gasteiger partial charge in [-0.2, -0.15) is 0 Å². The largest absolute Gasteiger partial charge is 0.507 e. The van der Waals surface area contributed by atoms with Crippen molar-refractivity contribution >= 4 is 5.78 Å². The van der Waals surface area contributed by atoms with Crippen molar-refractivity contribution in [1.82, 2.24) is 0 Å². The molecular weight excluding hydrogens is 212 g/mol. The lowest BCUT2D eigenvalue weighted by atomic mass is 9.85. The van der Waals surface area contributed by atoms with Crippen LogP contribution in [0.3, 0.4) is 0 Å². The van der Waals surface area contributed by atoms with Crippen LogP contribution in [0.5, 0.6) is 5.75 Å². The molecule has 0 unspecified atom stereocenters. The fourth-order valence-electron chi connectivity index (χ4n) is 1.71. The van der Waals surface area contributed by atoms with Crippen LogP contribution in [0.25, 0.3) is 0 Å². The Morgan fingerprint density at radius 1 is 1.29 bits per heavy atom. The molecule has 1 aromatic carbocycles. The third-order valence-electron chi connectivity index (χ3n) is 2.76. The Balaban J connectivity index is 3.11. The Morgan fingerprint density at radius 3 is 2.35 bits per heavy atom. The van der Waals surface area contributed by atoms with Gasteiger partial charge in [-0.05, 0) is 29.0 Å². The molecule has 0 saturated carbocycles. The van der Waals surface area contributed by atoms with E-state index in [-0.39, 0.29) is 16.9 Å². The minimum Gasteiger partial charge on any atom is -0.507 e. The van der Waals surface area contributed by atoms with Crippen LogP contribution in [-0.4, -0.2) is 10.9 Å². The minimum atomic E-state index is -0.0133. The van der Waals surface area contributed by atoms with E-state index in [9.17, 15) is 9.90 Å². The predicted octanol–water partition coefficient (Wildman–Crippen LogP) is 3.92. The van der Waals surface area contributed by atoms with Gasteiger partial charge in [0.15, 0.2) is 5.78 Å². The predicted molar refractivity (Wildman–Crippen MR) is 70.6 cm³/mol. The summed E-state index contributed by atoms with van der Waals surface area (Å²) in [5.74, 6) is 0.410. The number of ketones is 1. The topological polar surface area (TPSA) is 37.3 Å². The molecule has 1 rings (SSSR count). The van der Waals surface area contributed by atoms with E-state index in [1.54, 1.807) is 6.07 Å². The van der Waals surface area contributed by atoms with Gasteiger partial charge in [-0.15, -0.1) is 0 Å². The molecule has 17 heavy (non-hydrogen) atoms. The zero-order valence-electron chi connectivity index (χ0n) is 11.4. The lowest BCUT2D eigenvalue weighted by Crippen LogP contribution is -2.13. The average Bonchev–Trinajstić information content (AvgIpc) is 2.15. The second-order valence-electron chi connectivity index (χ2n) is 6.00. The number of benzene rings is 1. The molecule has 0 amide bonds. The van der Waals surface area contributed by atoms with Crippen molar-refractivity contribution in [3.8, 4) is 5.75 Å². The Bertz CT molecular complexity index is 411. The van der Waals surface area contributed by atoms with Crippen molar-refractivity contribution in [2.75, 3.05) is 0 Å². The molecule has 1 aromatic rings. The molecule has 0 aromatic heterocycles. The highest BCUT2D eigenvalue weighted by atomic mass is 16.3. The van der Waals surface area contributed by atoms with Gasteiger partial charge in [-0.3, -0.25) is 4.79 Å². The molecule has 0 radical (unpaired) electrons. The van der Waals surface area contributed by atoms with Gasteiger partial charge >= 0.3 is 0 Å². The molecule has 0 spiro atoms. The molecule has 2 nitrogen and oxygen atoms in total. The van der Waals surface area contributed by atoms with Crippen molar-refractivity contribution in [2.45, 2.75) is 46.5 Å². The quantitative estimate of drug-likeness (QED) is 0.805. The van der Waals surface area contributed by atoms with E-state index in [1.807, 2.05) is 26.0 Å². The SMILES string of the molecule is CC(C)CC(=O)c1cc(C(C)(C)C)ccc1O. The van der Waals surface area contributed by atoms with E-state index in [2.05, 4.69) is 20.8 Å². The number of phenolic OH excluding ortho intramolecular Hbond substituents is 1. The first-order valence-corrected chi connectivity index (χ1v) is 6.08. The van der Waals surface area contributed by atoms with Gasteiger partial charge in [-0.25, -0.2) is 0 Å². The number of hydrogen-bond donors (Lipinski definition) is 1. The molecule has 1 N–H and O–H groups in total. The van der Waals surface area contributed by atoms with Crippen LogP contribution in [0.15, 0.2) is 18.2 Å². The van der Waals surface area contributed by atoms with Crippen LogP contribution in [0.4, 0.5) is 0 Å². The molecule has 0 saturated heterocycles. The van der Waals surface area contributed by atoms with Crippen molar-refractivity contribution in [3.63, 3.8) is 0 Å². The van der Waals surface area contributed by atoms with Gasteiger partial charge in [0.1, 0.15) is 5.75 Å². The summed E-state index contributed by atoms with van der Waals surface area (Å²) in [6, 6.07) is 5.32. The summed E-state index contributed by atoms with van der Waals surface area (Å²) in [7, 11) is 0. The van der Waals surface area contributed by atoms with Crippen molar-refractivity contribution in [3.05, 3.63) is 29.3 Å². The molecule has 0 aliphatic carbocycles. The number of aromatic hydroxyl groups is 1. The van der Waals surface area contributed by atoms with E-state index in [0.29, 0.717) is 17.9 Å². The monoisotopic (exact) mass is 234 g/mol. The van der Waals surface area contributed by atoms with Crippen LogP contribution in [0.2, 0.25) is 0 Å². The lowest BCUT2D eigenvalue weighted by molar-refractivity contribution is 0.0965. The summed E-state index contributed by atoms with van der Waals surface area (Å²) in [5, 5.41) is 9.76. The fourth-order valence-corrected chi connectivity index (χ4v) is 1.71. The smallest absolute Gasteiger partial charge is 0.166 e. The minimum absolute atomic E-state index is 0.0133. The summed E-state index contributed by atoms with van der Waals surface area (Å²) in [5.41, 5.74) is 1.51. The molecule has 0 fully saturated rings. The van der Waals surface area contributed by atoms with Gasteiger partial charge in [0, 0.05) is 6.42 Å². The number of Topliss-reactive ketones (excluding diaryl/α,β-unsaturated/α-hetero) is 1. The van der Waals surface area contributed by atoms with Crippen molar-refractivity contribution in [1.29, 1.82) is 0 Å². The summed E-state index contributed by atoms with van der Waals surface area (Å²) < 4.78 is 0. The number of carbonyl (C=O) groups is 1. The first kappa shape index (κ1) is 13.8. The second kappa shape index (κ2) is 4.91. The Morgan fingerprint density at radius 2 is 1.88 bits per heavy atom. The zero-order chi connectivity index (χ0) is 13.2. The maximum absolute atomic E-state index is 12.0. The first-order chi connectivity index (χ1) is 7.71. The number of rotatable bonds is 3. The normalized spacial score (nSPS) is 11.9.